The van der Waals surface area contributed by atoms with Crippen molar-refractivity contribution in [3.8, 4) is 12.3 Å². The van der Waals surface area contributed by atoms with E-state index in [0.29, 0.717) is 19.6 Å². The Kier molecular flexibility index (Phi) is 6.40. The molecule has 1 aromatic heterocycles. The number of H-pyrrole nitrogens is 1. The number of imidazole rings is 1. The lowest BCUT2D eigenvalue weighted by Crippen LogP contribution is -2.39. The van der Waals surface area contributed by atoms with Crippen LogP contribution in [0.2, 0.25) is 0 Å². The van der Waals surface area contributed by atoms with E-state index in [9.17, 15) is 4.79 Å². The van der Waals surface area contributed by atoms with E-state index in [1.807, 2.05) is 31.2 Å². The zero-order chi connectivity index (χ0) is 16.5. The summed E-state index contributed by atoms with van der Waals surface area (Å²) in [4.78, 5) is 19.2. The van der Waals surface area contributed by atoms with E-state index < -0.39 is 6.04 Å². The van der Waals surface area contributed by atoms with E-state index in [4.69, 9.17) is 11.2 Å². The number of hydrogen-bond donors (Lipinski definition) is 2. The number of carbonyl (C=O) groups excluding carboxylic acids is 1. The highest BCUT2D eigenvalue weighted by molar-refractivity contribution is 5.76. The summed E-state index contributed by atoms with van der Waals surface area (Å²) in [5, 5.41) is 3.25. The Morgan fingerprint density at radius 2 is 2.22 bits per heavy atom. The number of nitrogens with one attached hydrogen (secondary N) is 2. The fourth-order valence-corrected chi connectivity index (χ4v) is 2.12. The molecule has 0 aliphatic heterocycles. The van der Waals surface area contributed by atoms with Gasteiger partial charge in [-0.3, -0.25) is 10.1 Å². The molecule has 0 amide bonds. The maximum absolute atomic E-state index is 12.2. The molecule has 2 rings (SSSR count). The summed E-state index contributed by atoms with van der Waals surface area (Å²) < 4.78 is 5.26. The summed E-state index contributed by atoms with van der Waals surface area (Å²) in [5.41, 5.74) is 2.78. The number of hydrogen-bond acceptors (Lipinski definition) is 4. The Morgan fingerprint density at radius 1 is 1.43 bits per heavy atom. The fourth-order valence-electron chi connectivity index (χ4n) is 2.12. The zero-order valence-electron chi connectivity index (χ0n) is 13.2. The summed E-state index contributed by atoms with van der Waals surface area (Å²) in [5.74, 6) is 2.34. The van der Waals surface area contributed by atoms with Gasteiger partial charge in [0, 0.05) is 30.4 Å². The summed E-state index contributed by atoms with van der Waals surface area (Å²) in [7, 11) is 0. The predicted molar refractivity (Wildman–Crippen MR) is 88.5 cm³/mol. The van der Waals surface area contributed by atoms with Crippen LogP contribution >= 0.6 is 0 Å². The van der Waals surface area contributed by atoms with E-state index in [0.717, 1.165) is 23.2 Å². The van der Waals surface area contributed by atoms with Crippen LogP contribution in [-0.4, -0.2) is 28.6 Å². The van der Waals surface area contributed by atoms with Crippen LogP contribution in [0.5, 0.6) is 0 Å². The van der Waals surface area contributed by atoms with Gasteiger partial charge in [0.05, 0.1) is 12.9 Å². The molecule has 0 spiro atoms. The smallest absolute Gasteiger partial charge is 0.323 e. The van der Waals surface area contributed by atoms with Gasteiger partial charge in [0.15, 0.2) is 0 Å². The molecular weight excluding hydrogens is 290 g/mol. The third kappa shape index (κ3) is 5.28. The molecule has 23 heavy (non-hydrogen) atoms. The second-order valence-corrected chi connectivity index (χ2v) is 5.22. The first-order chi connectivity index (χ1) is 11.2. The standard InChI is InChI=1S/C18H21N3O2/c1-3-9-23-18(22)17(10-16-12-19-13-21-16)20-11-15-7-5-14(4-2)6-8-15/h2,5-8,12-13,17,20H,3,9-11H2,1H3,(H,19,21)/t17-/m1/s1. The van der Waals surface area contributed by atoms with E-state index in [2.05, 4.69) is 21.2 Å². The minimum atomic E-state index is -0.422. The van der Waals surface area contributed by atoms with Crippen molar-refractivity contribution >= 4 is 5.97 Å². The molecule has 0 aliphatic carbocycles. The number of ether oxygens (including phenoxy) is 1. The van der Waals surface area contributed by atoms with Crippen molar-refractivity contribution in [3.05, 3.63) is 53.6 Å². The van der Waals surface area contributed by atoms with Gasteiger partial charge in [0.1, 0.15) is 6.04 Å². The van der Waals surface area contributed by atoms with Crippen LogP contribution in [0.25, 0.3) is 0 Å². The number of aromatic amines is 1. The largest absolute Gasteiger partial charge is 0.465 e. The van der Waals surface area contributed by atoms with E-state index >= 15 is 0 Å². The molecule has 5 heteroatoms. The van der Waals surface area contributed by atoms with Crippen LogP contribution in [0, 0.1) is 12.3 Å². The average Bonchev–Trinajstić information content (AvgIpc) is 3.10. The molecule has 120 valence electrons. The van der Waals surface area contributed by atoms with Gasteiger partial charge in [-0.1, -0.05) is 25.0 Å². The zero-order valence-corrected chi connectivity index (χ0v) is 13.2. The Morgan fingerprint density at radius 3 is 2.83 bits per heavy atom. The van der Waals surface area contributed by atoms with E-state index in [-0.39, 0.29) is 5.97 Å². The van der Waals surface area contributed by atoms with Crippen molar-refractivity contribution in [2.45, 2.75) is 32.4 Å². The third-order valence-corrected chi connectivity index (χ3v) is 3.39. The van der Waals surface area contributed by atoms with Crippen LogP contribution in [0.15, 0.2) is 36.8 Å². The second kappa shape index (κ2) is 8.76. The lowest BCUT2D eigenvalue weighted by Gasteiger charge is -2.17. The number of benzene rings is 1. The van der Waals surface area contributed by atoms with Gasteiger partial charge in [-0.25, -0.2) is 4.98 Å². The molecule has 1 aromatic carbocycles. The minimum Gasteiger partial charge on any atom is -0.465 e. The number of esters is 1. The molecule has 1 heterocycles. The quantitative estimate of drug-likeness (QED) is 0.578. The molecule has 0 bridgehead atoms. The number of rotatable bonds is 8. The van der Waals surface area contributed by atoms with Gasteiger partial charge in [-0.15, -0.1) is 6.42 Å². The first kappa shape index (κ1) is 16.8. The summed E-state index contributed by atoms with van der Waals surface area (Å²) in [6.07, 6.45) is 9.97. The summed E-state index contributed by atoms with van der Waals surface area (Å²) in [6, 6.07) is 7.25. The molecule has 2 N–H and O–H groups in total. The van der Waals surface area contributed by atoms with Crippen molar-refractivity contribution in [1.29, 1.82) is 0 Å². The highest BCUT2D eigenvalue weighted by Gasteiger charge is 2.20. The van der Waals surface area contributed by atoms with Crippen LogP contribution in [0.4, 0.5) is 0 Å². The molecule has 0 radical (unpaired) electrons. The summed E-state index contributed by atoms with van der Waals surface area (Å²) >= 11 is 0. The maximum atomic E-state index is 12.2. The first-order valence-electron chi connectivity index (χ1n) is 7.65. The molecule has 0 fully saturated rings. The first-order valence-corrected chi connectivity index (χ1v) is 7.65. The van der Waals surface area contributed by atoms with Crippen molar-refractivity contribution in [2.75, 3.05) is 6.61 Å². The predicted octanol–water partition coefficient (Wildman–Crippen LogP) is 2.05. The van der Waals surface area contributed by atoms with Gasteiger partial charge in [-0.05, 0) is 24.1 Å². The second-order valence-electron chi connectivity index (χ2n) is 5.22. The van der Waals surface area contributed by atoms with Crippen molar-refractivity contribution < 1.29 is 9.53 Å². The molecule has 0 saturated carbocycles. The van der Waals surface area contributed by atoms with Crippen LogP contribution in [-0.2, 0) is 22.5 Å². The van der Waals surface area contributed by atoms with E-state index in [1.165, 1.54) is 0 Å². The maximum Gasteiger partial charge on any atom is 0.323 e. The van der Waals surface area contributed by atoms with Crippen LogP contribution in [0.1, 0.15) is 30.2 Å². The van der Waals surface area contributed by atoms with Crippen molar-refractivity contribution in [2.24, 2.45) is 0 Å². The van der Waals surface area contributed by atoms with E-state index in [1.54, 1.807) is 12.5 Å². The monoisotopic (exact) mass is 311 g/mol. The Hall–Kier alpha value is -2.58. The van der Waals surface area contributed by atoms with Gasteiger partial charge in [0.2, 0.25) is 0 Å². The third-order valence-electron chi connectivity index (χ3n) is 3.39. The summed E-state index contributed by atoms with van der Waals surface area (Å²) in [6.45, 7) is 2.96. The number of aromatic nitrogens is 2. The van der Waals surface area contributed by atoms with Crippen molar-refractivity contribution in [3.63, 3.8) is 0 Å². The lowest BCUT2D eigenvalue weighted by molar-refractivity contribution is -0.146. The number of nitrogens with zero attached hydrogens (tertiary/aromatic N) is 1. The minimum absolute atomic E-state index is 0.248. The van der Waals surface area contributed by atoms with Crippen molar-refractivity contribution in [1.82, 2.24) is 15.3 Å². The van der Waals surface area contributed by atoms with Crippen LogP contribution < -0.4 is 5.32 Å². The van der Waals surface area contributed by atoms with Gasteiger partial charge in [-0.2, -0.15) is 0 Å². The SMILES string of the molecule is C#Cc1ccc(CN[C@H](Cc2cnc[nH]2)C(=O)OCCC)cc1. The highest BCUT2D eigenvalue weighted by Crippen LogP contribution is 2.06. The average molecular weight is 311 g/mol. The normalized spacial score (nSPS) is 11.7. The highest BCUT2D eigenvalue weighted by atomic mass is 16.5. The van der Waals surface area contributed by atoms with Gasteiger partial charge in [0.25, 0.3) is 0 Å². The molecular formula is C18H21N3O2. The topological polar surface area (TPSA) is 67.0 Å². The Bertz CT molecular complexity index is 642. The van der Waals surface area contributed by atoms with Crippen LogP contribution in [0.3, 0.4) is 0 Å². The molecule has 5 nitrogen and oxygen atoms in total. The molecule has 2 aromatic rings. The number of terminal acetylenes is 1. The number of carbonyl (C=O) groups is 1. The molecule has 0 aliphatic rings. The molecule has 1 atom stereocenters. The Balaban J connectivity index is 1.98. The molecule has 0 unspecified atom stereocenters. The lowest BCUT2D eigenvalue weighted by atomic mass is 10.1. The molecule has 0 saturated heterocycles. The fraction of sp³-hybridized carbons (Fsp3) is 0.333. The van der Waals surface area contributed by atoms with Gasteiger partial charge >= 0.3 is 5.97 Å². The van der Waals surface area contributed by atoms with Gasteiger partial charge < -0.3 is 9.72 Å². The Labute approximate surface area is 136 Å².